The molecule has 2 aliphatic heterocycles. The van der Waals surface area contributed by atoms with Crippen LogP contribution in [0.15, 0.2) is 42.5 Å². The van der Waals surface area contributed by atoms with E-state index < -0.39 is 28.4 Å². The van der Waals surface area contributed by atoms with Gasteiger partial charge in [-0.25, -0.2) is 8.78 Å². The third kappa shape index (κ3) is 3.92. The smallest absolute Gasteiger partial charge is 0.337 e. The van der Waals surface area contributed by atoms with Gasteiger partial charge in [0.25, 0.3) is 0 Å². The fourth-order valence-electron chi connectivity index (χ4n) is 6.75. The molecule has 2 aromatic carbocycles. The molecule has 0 spiro atoms. The summed E-state index contributed by atoms with van der Waals surface area (Å²) >= 11 is 0. The van der Waals surface area contributed by atoms with Crippen molar-refractivity contribution in [3.05, 3.63) is 70.5 Å². The summed E-state index contributed by atoms with van der Waals surface area (Å²) in [6.45, 7) is 2.74. The highest BCUT2D eigenvalue weighted by Crippen LogP contribution is 2.52. The molecule has 5 rings (SSSR count). The van der Waals surface area contributed by atoms with Crippen molar-refractivity contribution >= 4 is 11.8 Å². The Morgan fingerprint density at radius 2 is 1.74 bits per heavy atom. The Balaban J connectivity index is 1.58. The van der Waals surface area contributed by atoms with E-state index in [0.717, 1.165) is 11.1 Å². The van der Waals surface area contributed by atoms with Crippen LogP contribution in [0, 0.1) is 5.82 Å². The van der Waals surface area contributed by atoms with Crippen LogP contribution in [-0.2, 0) is 33.5 Å². The summed E-state index contributed by atoms with van der Waals surface area (Å²) < 4.78 is 68.9. The summed E-state index contributed by atoms with van der Waals surface area (Å²) in [5.74, 6) is -0.598. The van der Waals surface area contributed by atoms with Crippen molar-refractivity contribution < 1.29 is 31.5 Å². The first kappa shape index (κ1) is 26.6. The van der Waals surface area contributed by atoms with Gasteiger partial charge in [0, 0.05) is 31.5 Å². The maximum Gasteiger partial charge on any atom is 0.426 e. The largest absolute Gasteiger partial charge is 0.426 e. The van der Waals surface area contributed by atoms with Crippen LogP contribution in [-0.4, -0.2) is 53.0 Å². The van der Waals surface area contributed by atoms with Crippen molar-refractivity contribution in [3.8, 4) is 0 Å². The van der Waals surface area contributed by atoms with Gasteiger partial charge >= 0.3 is 6.18 Å². The van der Waals surface area contributed by atoms with Gasteiger partial charge in [0.1, 0.15) is 11.4 Å². The number of hydrogen-bond acceptors (Lipinski definition) is 2. The lowest BCUT2D eigenvalue weighted by Gasteiger charge is -2.46. The van der Waals surface area contributed by atoms with Crippen molar-refractivity contribution in [2.75, 3.05) is 13.6 Å². The zero-order valence-corrected chi connectivity index (χ0v) is 21.7. The van der Waals surface area contributed by atoms with E-state index in [-0.39, 0.29) is 23.7 Å². The van der Waals surface area contributed by atoms with Crippen LogP contribution >= 0.6 is 0 Å². The fraction of sp³-hybridized carbons (Fsp3) is 0.517. The molecule has 0 saturated carbocycles. The van der Waals surface area contributed by atoms with E-state index >= 15 is 0 Å². The predicted molar refractivity (Wildman–Crippen MR) is 132 cm³/mol. The van der Waals surface area contributed by atoms with Gasteiger partial charge in [-0.2, -0.15) is 13.2 Å². The topological polar surface area (TPSA) is 40.6 Å². The maximum absolute atomic E-state index is 14.9. The summed E-state index contributed by atoms with van der Waals surface area (Å²) in [5.41, 5.74) is -3.25. The van der Waals surface area contributed by atoms with Gasteiger partial charge in [0.2, 0.25) is 17.5 Å². The molecule has 0 radical (unpaired) electrons. The van der Waals surface area contributed by atoms with Gasteiger partial charge in [0.05, 0.1) is 0 Å². The quantitative estimate of drug-likeness (QED) is 0.479. The molecule has 2 amide bonds. The average Bonchev–Trinajstić information content (AvgIpc) is 3.37. The lowest BCUT2D eigenvalue weighted by molar-refractivity contribution is -0.228. The number of likely N-dealkylation sites (N-methyl/N-ethyl adjacent to an activating group) is 1. The highest BCUT2D eigenvalue weighted by Gasteiger charge is 2.58. The molecule has 0 N–H and O–H groups in total. The maximum atomic E-state index is 14.9. The number of carbonyl (C=O) groups excluding carboxylic acids is 2. The first-order valence-electron chi connectivity index (χ1n) is 12.9. The van der Waals surface area contributed by atoms with Crippen LogP contribution in [0.3, 0.4) is 0 Å². The molecule has 2 unspecified atom stereocenters. The molecule has 4 atom stereocenters. The second-order valence-electron chi connectivity index (χ2n) is 11.4. The third-order valence-electron chi connectivity index (χ3n) is 9.31. The number of benzene rings is 2. The minimum atomic E-state index is -5.05. The summed E-state index contributed by atoms with van der Waals surface area (Å²) in [4.78, 5) is 29.6. The number of fused-ring (bicyclic) bond motifs is 3. The third-order valence-corrected chi connectivity index (χ3v) is 9.31. The van der Waals surface area contributed by atoms with E-state index in [0.29, 0.717) is 57.6 Å². The molecule has 0 bridgehead atoms. The Morgan fingerprint density at radius 3 is 2.34 bits per heavy atom. The molecule has 38 heavy (non-hydrogen) atoms. The second kappa shape index (κ2) is 8.78. The predicted octanol–water partition coefficient (Wildman–Crippen LogP) is 5.61. The second-order valence-corrected chi connectivity index (χ2v) is 11.4. The molecular formula is C29H31F5N2O2. The zero-order valence-electron chi connectivity index (χ0n) is 21.7. The number of hydrogen-bond donors (Lipinski definition) is 0. The molecule has 2 saturated heterocycles. The van der Waals surface area contributed by atoms with Crippen molar-refractivity contribution in [2.24, 2.45) is 0 Å². The van der Waals surface area contributed by atoms with Gasteiger partial charge < -0.3 is 9.80 Å². The summed E-state index contributed by atoms with van der Waals surface area (Å²) in [5, 5.41) is 0. The highest BCUT2D eigenvalue weighted by molar-refractivity contribution is 5.94. The Hall–Kier alpha value is -2.97. The highest BCUT2D eigenvalue weighted by atomic mass is 19.4. The van der Waals surface area contributed by atoms with Crippen LogP contribution in [0.5, 0.6) is 0 Å². The zero-order chi connectivity index (χ0) is 27.7. The van der Waals surface area contributed by atoms with Crippen LogP contribution in [0.25, 0.3) is 0 Å². The molecule has 1 aliphatic carbocycles. The molecule has 2 fully saturated rings. The first-order valence-corrected chi connectivity index (χ1v) is 12.9. The SMILES string of the molecule is CN1C(=O)CCC1(C)C(=O)N1CC[C@@]2(Cc3ccc(F)cc3)c3ccc(C(C)(F)C(F)(F)F)cc3CC[C@@H]12. The lowest BCUT2D eigenvalue weighted by Crippen LogP contribution is -2.58. The van der Waals surface area contributed by atoms with E-state index in [4.69, 9.17) is 0 Å². The number of alkyl halides is 4. The number of halogens is 5. The van der Waals surface area contributed by atoms with Crippen molar-refractivity contribution in [1.29, 1.82) is 0 Å². The van der Waals surface area contributed by atoms with Crippen molar-refractivity contribution in [3.63, 3.8) is 0 Å². The monoisotopic (exact) mass is 534 g/mol. The Morgan fingerprint density at radius 1 is 1.05 bits per heavy atom. The number of amides is 2. The van der Waals surface area contributed by atoms with Gasteiger partial charge in [-0.05, 0) is 80.3 Å². The number of likely N-dealkylation sites (tertiary alicyclic amines) is 2. The van der Waals surface area contributed by atoms with Crippen molar-refractivity contribution in [2.45, 2.75) is 81.2 Å². The fourth-order valence-corrected chi connectivity index (χ4v) is 6.75. The molecule has 4 nitrogen and oxygen atoms in total. The number of aryl methyl sites for hydroxylation is 1. The Labute approximate surface area is 218 Å². The van der Waals surface area contributed by atoms with E-state index in [1.807, 2.05) is 4.90 Å². The first-order chi connectivity index (χ1) is 17.7. The molecule has 2 heterocycles. The molecule has 2 aromatic rings. The van der Waals surface area contributed by atoms with Crippen LogP contribution in [0.2, 0.25) is 0 Å². The minimum Gasteiger partial charge on any atom is -0.337 e. The number of rotatable bonds is 4. The summed E-state index contributed by atoms with van der Waals surface area (Å²) in [6.07, 6.45) is -2.46. The molecule has 9 heteroatoms. The Kier molecular flexibility index (Phi) is 6.15. The summed E-state index contributed by atoms with van der Waals surface area (Å²) in [6, 6.07) is 9.94. The average molecular weight is 535 g/mol. The van der Waals surface area contributed by atoms with E-state index in [1.54, 1.807) is 32.2 Å². The Bertz CT molecular complexity index is 1270. The van der Waals surface area contributed by atoms with Gasteiger partial charge in [-0.3, -0.25) is 9.59 Å². The van der Waals surface area contributed by atoms with Crippen molar-refractivity contribution in [1.82, 2.24) is 9.80 Å². The number of nitrogens with zero attached hydrogens (tertiary/aromatic N) is 2. The van der Waals surface area contributed by atoms with E-state index in [1.165, 1.54) is 29.2 Å². The molecule has 0 aromatic heterocycles. The van der Waals surface area contributed by atoms with Crippen LogP contribution in [0.1, 0.15) is 61.8 Å². The van der Waals surface area contributed by atoms with Gasteiger partial charge in [-0.15, -0.1) is 0 Å². The molecule has 3 aliphatic rings. The van der Waals surface area contributed by atoms with Gasteiger partial charge in [-0.1, -0.05) is 30.3 Å². The summed E-state index contributed by atoms with van der Waals surface area (Å²) in [7, 11) is 1.64. The molecular weight excluding hydrogens is 503 g/mol. The number of carbonyl (C=O) groups is 2. The lowest BCUT2D eigenvalue weighted by atomic mass is 9.63. The van der Waals surface area contributed by atoms with E-state index in [9.17, 15) is 31.5 Å². The van der Waals surface area contributed by atoms with Crippen LogP contribution < -0.4 is 0 Å². The molecule has 204 valence electrons. The minimum absolute atomic E-state index is 0.0851. The normalized spacial score (nSPS) is 28.7. The van der Waals surface area contributed by atoms with Crippen LogP contribution in [0.4, 0.5) is 22.0 Å². The van der Waals surface area contributed by atoms with E-state index in [2.05, 4.69) is 0 Å². The van der Waals surface area contributed by atoms with Gasteiger partial charge in [0.15, 0.2) is 0 Å². The standard InChI is InChI=1S/C29H31F5N2O2/c1-26(13-12-24(37)35(26)3)25(38)36-15-14-28(17-18-4-8-21(30)9-5-18)22-10-7-20(27(2,31)29(32,33)34)16-19(22)6-11-23(28)36/h4-5,7-10,16,23H,6,11-15,17H2,1-3H3/t23-,26?,27?,28-/m1/s1.